The van der Waals surface area contributed by atoms with Crippen LogP contribution in [-0.2, 0) is 6.54 Å². The Hall–Kier alpha value is -3.45. The molecule has 154 valence electrons. The van der Waals surface area contributed by atoms with Crippen LogP contribution in [0.25, 0.3) is 0 Å². The molecule has 3 rings (SSSR count). The molecule has 0 aliphatic heterocycles. The topological polar surface area (TPSA) is 87.3 Å². The molecular weight excluding hydrogens is 398 g/mol. The zero-order valence-electron chi connectivity index (χ0n) is 16.8. The summed E-state index contributed by atoms with van der Waals surface area (Å²) in [6, 6.07) is 15.9. The zero-order valence-corrected chi connectivity index (χ0v) is 17.6. The van der Waals surface area contributed by atoms with E-state index in [0.717, 1.165) is 11.1 Å². The van der Waals surface area contributed by atoms with Gasteiger partial charge in [0.1, 0.15) is 0 Å². The molecule has 0 bridgehead atoms. The lowest BCUT2D eigenvalue weighted by Gasteiger charge is -2.11. The summed E-state index contributed by atoms with van der Waals surface area (Å²) in [4.78, 5) is 37.3. The standard InChI is InChI=1S/C23H23N3O3S/c1-3-24-21(27)18-9-6-15(2)19(13-18)26-22(28)17-10-7-16(8-11-17)14-25-23(29)20-5-4-12-30-20/h4-13H,3,14H2,1-2H3,(H,24,27)(H,25,29)(H,26,28). The minimum absolute atomic E-state index is 0.116. The number of carbonyl (C=O) groups excluding carboxylic acids is 3. The van der Waals surface area contributed by atoms with Crippen molar-refractivity contribution in [1.29, 1.82) is 0 Å². The van der Waals surface area contributed by atoms with E-state index in [1.165, 1.54) is 11.3 Å². The van der Waals surface area contributed by atoms with Crippen LogP contribution in [0, 0.1) is 6.92 Å². The highest BCUT2D eigenvalue weighted by Gasteiger charge is 2.12. The van der Waals surface area contributed by atoms with Gasteiger partial charge < -0.3 is 16.0 Å². The number of anilines is 1. The molecule has 1 aromatic heterocycles. The van der Waals surface area contributed by atoms with E-state index in [1.54, 1.807) is 36.4 Å². The number of hydrogen-bond donors (Lipinski definition) is 3. The van der Waals surface area contributed by atoms with E-state index in [0.29, 0.717) is 34.8 Å². The summed E-state index contributed by atoms with van der Waals surface area (Å²) >= 11 is 1.39. The lowest BCUT2D eigenvalue weighted by molar-refractivity contribution is 0.0947. The third kappa shape index (κ3) is 5.33. The zero-order chi connectivity index (χ0) is 21.5. The van der Waals surface area contributed by atoms with E-state index in [-0.39, 0.29) is 17.7 Å². The third-order valence-electron chi connectivity index (χ3n) is 4.50. The van der Waals surface area contributed by atoms with Gasteiger partial charge >= 0.3 is 0 Å². The van der Waals surface area contributed by atoms with Crippen molar-refractivity contribution in [2.45, 2.75) is 20.4 Å². The Morgan fingerprint density at radius 2 is 1.60 bits per heavy atom. The fourth-order valence-electron chi connectivity index (χ4n) is 2.81. The number of aryl methyl sites for hydroxylation is 1. The first-order chi connectivity index (χ1) is 14.5. The second-order valence-corrected chi connectivity index (χ2v) is 7.65. The normalized spacial score (nSPS) is 10.3. The molecule has 1 heterocycles. The Balaban J connectivity index is 1.63. The van der Waals surface area contributed by atoms with Crippen molar-refractivity contribution >= 4 is 34.7 Å². The van der Waals surface area contributed by atoms with Gasteiger partial charge in [-0.1, -0.05) is 24.3 Å². The summed E-state index contributed by atoms with van der Waals surface area (Å²) < 4.78 is 0. The van der Waals surface area contributed by atoms with Crippen LogP contribution < -0.4 is 16.0 Å². The predicted molar refractivity (Wildman–Crippen MR) is 119 cm³/mol. The molecule has 0 spiro atoms. The molecule has 0 radical (unpaired) electrons. The van der Waals surface area contributed by atoms with Crippen molar-refractivity contribution in [3.63, 3.8) is 0 Å². The smallest absolute Gasteiger partial charge is 0.261 e. The van der Waals surface area contributed by atoms with Gasteiger partial charge in [0.15, 0.2) is 0 Å². The van der Waals surface area contributed by atoms with Crippen molar-refractivity contribution in [1.82, 2.24) is 10.6 Å². The van der Waals surface area contributed by atoms with Crippen LogP contribution in [0.1, 0.15) is 48.4 Å². The monoisotopic (exact) mass is 421 g/mol. The van der Waals surface area contributed by atoms with E-state index in [9.17, 15) is 14.4 Å². The maximum absolute atomic E-state index is 12.6. The van der Waals surface area contributed by atoms with Crippen LogP contribution in [-0.4, -0.2) is 24.3 Å². The van der Waals surface area contributed by atoms with Crippen LogP contribution in [0.5, 0.6) is 0 Å². The molecule has 2 aromatic carbocycles. The van der Waals surface area contributed by atoms with E-state index in [4.69, 9.17) is 0 Å². The van der Waals surface area contributed by atoms with Crippen molar-refractivity contribution in [2.75, 3.05) is 11.9 Å². The molecule has 0 fully saturated rings. The van der Waals surface area contributed by atoms with Crippen LogP contribution in [0.4, 0.5) is 5.69 Å². The van der Waals surface area contributed by atoms with Gasteiger partial charge in [-0.2, -0.15) is 0 Å². The van der Waals surface area contributed by atoms with Crippen LogP contribution in [0.15, 0.2) is 60.0 Å². The van der Waals surface area contributed by atoms with Crippen molar-refractivity contribution in [2.24, 2.45) is 0 Å². The van der Waals surface area contributed by atoms with E-state index >= 15 is 0 Å². The largest absolute Gasteiger partial charge is 0.352 e. The van der Waals surface area contributed by atoms with Crippen molar-refractivity contribution in [3.05, 3.63) is 87.1 Å². The minimum atomic E-state index is -0.264. The maximum atomic E-state index is 12.6. The van der Waals surface area contributed by atoms with Gasteiger partial charge in [-0.05, 0) is 60.7 Å². The minimum Gasteiger partial charge on any atom is -0.352 e. The molecule has 3 N–H and O–H groups in total. The lowest BCUT2D eigenvalue weighted by Crippen LogP contribution is -2.23. The first kappa shape index (κ1) is 21.3. The molecule has 0 aliphatic rings. The quantitative estimate of drug-likeness (QED) is 0.539. The van der Waals surface area contributed by atoms with Gasteiger partial charge in [-0.3, -0.25) is 14.4 Å². The van der Waals surface area contributed by atoms with Gasteiger partial charge in [-0.25, -0.2) is 0 Å². The Morgan fingerprint density at radius 3 is 2.27 bits per heavy atom. The number of thiophene rings is 1. The van der Waals surface area contributed by atoms with Gasteiger partial charge in [0.25, 0.3) is 17.7 Å². The number of hydrogen-bond acceptors (Lipinski definition) is 4. The number of carbonyl (C=O) groups is 3. The van der Waals surface area contributed by atoms with E-state index in [1.807, 2.05) is 37.4 Å². The molecule has 0 atom stereocenters. The number of rotatable bonds is 7. The Labute approximate surface area is 179 Å². The van der Waals surface area contributed by atoms with Crippen LogP contribution in [0.3, 0.4) is 0 Å². The Bertz CT molecular complexity index is 1040. The number of nitrogens with one attached hydrogen (secondary N) is 3. The lowest BCUT2D eigenvalue weighted by atomic mass is 10.1. The average Bonchev–Trinajstić information content (AvgIpc) is 3.29. The van der Waals surface area contributed by atoms with Gasteiger partial charge in [0.05, 0.1) is 4.88 Å². The molecule has 30 heavy (non-hydrogen) atoms. The summed E-state index contributed by atoms with van der Waals surface area (Å²) in [6.45, 7) is 4.64. The molecule has 0 unspecified atom stereocenters. The fourth-order valence-corrected chi connectivity index (χ4v) is 3.45. The molecule has 3 amide bonds. The molecular formula is C23H23N3O3S. The van der Waals surface area contributed by atoms with Gasteiger partial charge in [0, 0.05) is 29.9 Å². The molecule has 0 saturated carbocycles. The van der Waals surface area contributed by atoms with Crippen LogP contribution in [0.2, 0.25) is 0 Å². The first-order valence-corrected chi connectivity index (χ1v) is 10.5. The average molecular weight is 422 g/mol. The summed E-state index contributed by atoms with van der Waals surface area (Å²) in [5, 5.41) is 10.3. The van der Waals surface area contributed by atoms with E-state index < -0.39 is 0 Å². The highest BCUT2D eigenvalue weighted by molar-refractivity contribution is 7.12. The van der Waals surface area contributed by atoms with Crippen molar-refractivity contribution < 1.29 is 14.4 Å². The van der Waals surface area contributed by atoms with Gasteiger partial charge in [-0.15, -0.1) is 11.3 Å². The summed E-state index contributed by atoms with van der Waals surface area (Å²) in [7, 11) is 0. The molecule has 0 saturated heterocycles. The summed E-state index contributed by atoms with van der Waals surface area (Å²) in [6.07, 6.45) is 0. The Kier molecular flexibility index (Phi) is 6.98. The third-order valence-corrected chi connectivity index (χ3v) is 5.37. The fraction of sp³-hybridized carbons (Fsp3) is 0.174. The van der Waals surface area contributed by atoms with Gasteiger partial charge in [0.2, 0.25) is 0 Å². The highest BCUT2D eigenvalue weighted by atomic mass is 32.1. The molecule has 3 aromatic rings. The highest BCUT2D eigenvalue weighted by Crippen LogP contribution is 2.18. The summed E-state index contributed by atoms with van der Waals surface area (Å²) in [5.41, 5.74) is 3.34. The predicted octanol–water partition coefficient (Wildman–Crippen LogP) is 3.99. The Morgan fingerprint density at radius 1 is 0.867 bits per heavy atom. The molecule has 6 nitrogen and oxygen atoms in total. The second-order valence-electron chi connectivity index (χ2n) is 6.70. The molecule has 0 aliphatic carbocycles. The van der Waals surface area contributed by atoms with Crippen LogP contribution >= 0.6 is 11.3 Å². The second kappa shape index (κ2) is 9.84. The number of amides is 3. The SMILES string of the molecule is CCNC(=O)c1ccc(C)c(NC(=O)c2ccc(CNC(=O)c3cccs3)cc2)c1. The maximum Gasteiger partial charge on any atom is 0.261 e. The summed E-state index contributed by atoms with van der Waals surface area (Å²) in [5.74, 6) is -0.559. The first-order valence-electron chi connectivity index (χ1n) is 9.58. The van der Waals surface area contributed by atoms with Crippen molar-refractivity contribution in [3.8, 4) is 0 Å². The number of benzene rings is 2. The van der Waals surface area contributed by atoms with E-state index in [2.05, 4.69) is 16.0 Å². The molecule has 7 heteroatoms.